The van der Waals surface area contributed by atoms with Crippen molar-refractivity contribution in [2.24, 2.45) is 0 Å². The van der Waals surface area contributed by atoms with Crippen molar-refractivity contribution in [1.29, 1.82) is 0 Å². The van der Waals surface area contributed by atoms with Gasteiger partial charge < -0.3 is 29.4 Å². The number of aryl methyl sites for hydroxylation is 1. The van der Waals surface area contributed by atoms with E-state index in [0.717, 1.165) is 5.56 Å². The number of benzene rings is 1. The number of hydrogen-bond donors (Lipinski definition) is 2. The molecule has 12 heteroatoms. The van der Waals surface area contributed by atoms with Crippen LogP contribution < -0.4 is 15.4 Å². The second-order valence-corrected chi connectivity index (χ2v) is 10.3. The summed E-state index contributed by atoms with van der Waals surface area (Å²) in [7, 11) is 0.714. The fourth-order valence-corrected chi connectivity index (χ4v) is 3.91. The van der Waals surface area contributed by atoms with Gasteiger partial charge in [0.1, 0.15) is 17.5 Å². The van der Waals surface area contributed by atoms with Gasteiger partial charge in [-0.05, 0) is 58.4 Å². The van der Waals surface area contributed by atoms with E-state index in [1.54, 1.807) is 12.1 Å². The Labute approximate surface area is 222 Å². The predicted octanol–water partition coefficient (Wildman–Crippen LogP) is 2.77. The highest BCUT2D eigenvalue weighted by molar-refractivity contribution is 6.48. The minimum absolute atomic E-state index is 0.0472. The number of carbonyl (C=O) groups excluding carboxylic acids is 2. The summed E-state index contributed by atoms with van der Waals surface area (Å²) >= 11 is 6.05. The summed E-state index contributed by atoms with van der Waals surface area (Å²) in [5, 5.41) is 6.24. The standard InChI is InChI=1S/C25H34BClN4O6/c1-16-13-17(27)7-8-20(16)35-12-9-21(26-36-24(2,3)25(4,5)37-26)31-23(33)19(15-34-6)30-22(32)18-14-28-10-11-29-18/h7-8,10-11,13-14,19,21H,9,12,15H2,1-6H3,(H,30,32)(H,31,33)/t19-,21+/m1/s1. The Kier molecular flexibility index (Phi) is 9.52. The maximum atomic E-state index is 13.3. The van der Waals surface area contributed by atoms with Crippen molar-refractivity contribution in [2.45, 2.75) is 64.2 Å². The number of ether oxygens (including phenoxy) is 2. The van der Waals surface area contributed by atoms with E-state index < -0.39 is 42.1 Å². The molecule has 2 amide bonds. The van der Waals surface area contributed by atoms with Crippen LogP contribution in [0.5, 0.6) is 5.75 Å². The lowest BCUT2D eigenvalue weighted by atomic mass is 9.76. The van der Waals surface area contributed by atoms with E-state index in [4.69, 9.17) is 30.4 Å². The minimum atomic E-state index is -0.983. The Bertz CT molecular complexity index is 1070. The van der Waals surface area contributed by atoms with Gasteiger partial charge in [-0.3, -0.25) is 14.6 Å². The van der Waals surface area contributed by atoms with Crippen LogP contribution in [0.15, 0.2) is 36.8 Å². The van der Waals surface area contributed by atoms with Gasteiger partial charge in [-0.25, -0.2) is 4.98 Å². The number of methoxy groups -OCH3 is 1. The summed E-state index contributed by atoms with van der Waals surface area (Å²) in [6.07, 6.45) is 4.55. The summed E-state index contributed by atoms with van der Waals surface area (Å²) in [5.74, 6) is -0.883. The number of amides is 2. The molecule has 1 aromatic heterocycles. The van der Waals surface area contributed by atoms with Crippen LogP contribution in [-0.2, 0) is 18.8 Å². The van der Waals surface area contributed by atoms with E-state index in [9.17, 15) is 9.59 Å². The first-order valence-corrected chi connectivity index (χ1v) is 12.4. The molecule has 1 saturated heterocycles. The van der Waals surface area contributed by atoms with Crippen LogP contribution in [0.2, 0.25) is 5.02 Å². The molecule has 1 aliphatic heterocycles. The van der Waals surface area contributed by atoms with Crippen molar-refractivity contribution in [3.63, 3.8) is 0 Å². The molecule has 10 nitrogen and oxygen atoms in total. The van der Waals surface area contributed by atoms with Crippen LogP contribution in [0.3, 0.4) is 0 Å². The second kappa shape index (κ2) is 12.2. The van der Waals surface area contributed by atoms with Gasteiger partial charge in [0.2, 0.25) is 5.91 Å². The lowest BCUT2D eigenvalue weighted by Crippen LogP contribution is -2.56. The van der Waals surface area contributed by atoms with Crippen molar-refractivity contribution in [1.82, 2.24) is 20.6 Å². The van der Waals surface area contributed by atoms with Crippen molar-refractivity contribution in [2.75, 3.05) is 20.3 Å². The lowest BCUT2D eigenvalue weighted by molar-refractivity contribution is -0.124. The smallest absolute Gasteiger partial charge is 0.481 e. The fourth-order valence-electron chi connectivity index (χ4n) is 3.68. The molecule has 0 saturated carbocycles. The molecule has 2 heterocycles. The maximum absolute atomic E-state index is 13.3. The molecule has 2 atom stereocenters. The van der Waals surface area contributed by atoms with Crippen molar-refractivity contribution in [3.05, 3.63) is 53.1 Å². The van der Waals surface area contributed by atoms with Gasteiger partial charge >= 0.3 is 7.12 Å². The molecular formula is C25H34BClN4O6. The molecule has 0 unspecified atom stereocenters. The number of nitrogens with zero attached hydrogens (tertiary/aromatic N) is 2. The average molecular weight is 533 g/mol. The SMILES string of the molecule is COC[C@@H](NC(=O)c1cnccn1)C(=O)N[C@@H](CCOc1ccc(Cl)cc1C)B1OC(C)(C)C(C)(C)O1. The Morgan fingerprint density at radius 3 is 2.43 bits per heavy atom. The highest BCUT2D eigenvalue weighted by Crippen LogP contribution is 2.38. The molecule has 0 aliphatic carbocycles. The molecule has 0 radical (unpaired) electrons. The topological polar surface area (TPSA) is 121 Å². The number of carbonyl (C=O) groups is 2. The van der Waals surface area contributed by atoms with Gasteiger partial charge in [-0.2, -0.15) is 0 Å². The molecule has 2 N–H and O–H groups in total. The third-order valence-corrected chi connectivity index (χ3v) is 6.74. The van der Waals surface area contributed by atoms with Crippen molar-refractivity contribution in [3.8, 4) is 5.75 Å². The molecule has 1 aromatic carbocycles. The van der Waals surface area contributed by atoms with Crippen LogP contribution >= 0.6 is 11.6 Å². The Morgan fingerprint density at radius 1 is 1.14 bits per heavy atom. The lowest BCUT2D eigenvalue weighted by Gasteiger charge is -2.32. The van der Waals surface area contributed by atoms with Gasteiger partial charge in [0.25, 0.3) is 5.91 Å². The summed E-state index contributed by atoms with van der Waals surface area (Å²) < 4.78 is 23.6. The normalized spacial score (nSPS) is 17.6. The minimum Gasteiger partial charge on any atom is -0.493 e. The second-order valence-electron chi connectivity index (χ2n) is 9.86. The average Bonchev–Trinajstić information content (AvgIpc) is 3.06. The largest absolute Gasteiger partial charge is 0.493 e. The third-order valence-electron chi connectivity index (χ3n) is 6.50. The first kappa shape index (κ1) is 28.8. The zero-order valence-corrected chi connectivity index (χ0v) is 22.8. The molecule has 3 rings (SSSR count). The number of rotatable bonds is 11. The van der Waals surface area contributed by atoms with Crippen LogP contribution in [0.1, 0.15) is 50.2 Å². The van der Waals surface area contributed by atoms with Crippen LogP contribution in [-0.4, -0.2) is 72.4 Å². The zero-order valence-electron chi connectivity index (χ0n) is 22.0. The molecule has 200 valence electrons. The van der Waals surface area contributed by atoms with Gasteiger partial charge in [0.05, 0.1) is 36.6 Å². The number of aromatic nitrogens is 2. The molecule has 1 aliphatic rings. The number of hydrogen-bond acceptors (Lipinski definition) is 8. The van der Waals surface area contributed by atoms with E-state index in [2.05, 4.69) is 20.6 Å². The van der Waals surface area contributed by atoms with Gasteiger partial charge in [-0.15, -0.1) is 0 Å². The van der Waals surface area contributed by atoms with Gasteiger partial charge in [0.15, 0.2) is 0 Å². The first-order chi connectivity index (χ1) is 17.4. The molecule has 0 spiro atoms. The molecule has 1 fully saturated rings. The van der Waals surface area contributed by atoms with E-state index in [0.29, 0.717) is 17.2 Å². The summed E-state index contributed by atoms with van der Waals surface area (Å²) in [5.41, 5.74) is -0.206. The monoisotopic (exact) mass is 532 g/mol. The molecule has 0 bridgehead atoms. The van der Waals surface area contributed by atoms with Crippen LogP contribution in [0, 0.1) is 6.92 Å². The highest BCUT2D eigenvalue weighted by Gasteiger charge is 2.54. The summed E-state index contributed by atoms with van der Waals surface area (Å²) in [6.45, 7) is 9.89. The molecule has 2 aromatic rings. The third kappa shape index (κ3) is 7.41. The van der Waals surface area contributed by atoms with E-state index in [1.807, 2.05) is 40.7 Å². The maximum Gasteiger partial charge on any atom is 0.481 e. The van der Waals surface area contributed by atoms with E-state index in [-0.39, 0.29) is 18.9 Å². The van der Waals surface area contributed by atoms with Gasteiger partial charge in [-0.1, -0.05) is 11.6 Å². The Morgan fingerprint density at radius 2 is 1.84 bits per heavy atom. The van der Waals surface area contributed by atoms with Crippen molar-refractivity contribution >= 4 is 30.5 Å². The molecule has 37 heavy (non-hydrogen) atoms. The fraction of sp³-hybridized carbons (Fsp3) is 0.520. The van der Waals surface area contributed by atoms with Crippen molar-refractivity contribution < 1.29 is 28.4 Å². The zero-order chi connectivity index (χ0) is 27.2. The number of halogens is 1. The van der Waals surface area contributed by atoms with E-state index in [1.165, 1.54) is 25.7 Å². The predicted molar refractivity (Wildman–Crippen MR) is 139 cm³/mol. The Hall–Kier alpha value is -2.73. The number of nitrogens with one attached hydrogen (secondary N) is 2. The summed E-state index contributed by atoms with van der Waals surface area (Å²) in [4.78, 5) is 33.8. The Balaban J connectivity index is 1.73. The first-order valence-electron chi connectivity index (χ1n) is 12.0. The van der Waals surface area contributed by atoms with Crippen LogP contribution in [0.4, 0.5) is 0 Å². The van der Waals surface area contributed by atoms with E-state index >= 15 is 0 Å². The summed E-state index contributed by atoms with van der Waals surface area (Å²) in [6, 6.07) is 4.40. The highest BCUT2D eigenvalue weighted by atomic mass is 35.5. The van der Waals surface area contributed by atoms with Gasteiger partial charge in [0, 0.05) is 30.9 Å². The molecular weight excluding hydrogens is 499 g/mol. The quantitative estimate of drug-likeness (QED) is 0.424. The van der Waals surface area contributed by atoms with Crippen LogP contribution in [0.25, 0.3) is 0 Å².